The van der Waals surface area contributed by atoms with Gasteiger partial charge in [0, 0.05) is 6.20 Å². The molecule has 6 nitrogen and oxygen atoms in total. The number of rotatable bonds is 4. The molecule has 0 aliphatic carbocycles. The smallest absolute Gasteiger partial charge is 0.338 e. The number of ether oxygens (including phenoxy) is 1. The highest BCUT2D eigenvalue weighted by Gasteiger charge is 2.19. The molecule has 23 heavy (non-hydrogen) atoms. The van der Waals surface area contributed by atoms with Crippen molar-refractivity contribution in [3.63, 3.8) is 0 Å². The van der Waals surface area contributed by atoms with Gasteiger partial charge in [-0.1, -0.05) is 6.07 Å². The summed E-state index contributed by atoms with van der Waals surface area (Å²) >= 11 is -2.55. The van der Waals surface area contributed by atoms with Crippen molar-refractivity contribution in [2.24, 2.45) is 0 Å². The lowest BCUT2D eigenvalue weighted by Gasteiger charge is -2.26. The number of esters is 1. The van der Waals surface area contributed by atoms with Crippen LogP contribution in [0.2, 0.25) is 0 Å². The van der Waals surface area contributed by atoms with Crippen molar-refractivity contribution < 1.29 is 18.3 Å². The zero-order valence-electron chi connectivity index (χ0n) is 13.1. The third-order valence-corrected chi connectivity index (χ3v) is 3.46. The number of anilines is 2. The fraction of sp³-hybridized carbons (Fsp3) is 0.250. The molecule has 0 bridgehead atoms. The van der Waals surface area contributed by atoms with Crippen LogP contribution >= 0.6 is 0 Å². The molecule has 1 aromatic carbocycles. The van der Waals surface area contributed by atoms with Crippen LogP contribution in [0.15, 0.2) is 48.8 Å². The van der Waals surface area contributed by atoms with Crippen molar-refractivity contribution in [2.45, 2.75) is 26.4 Å². The zero-order chi connectivity index (χ0) is 17.0. The van der Waals surface area contributed by atoms with E-state index in [1.54, 1.807) is 57.3 Å². The fourth-order valence-electron chi connectivity index (χ4n) is 1.89. The van der Waals surface area contributed by atoms with Crippen LogP contribution in [-0.2, 0) is 16.0 Å². The van der Waals surface area contributed by atoms with Gasteiger partial charge in [0.05, 0.1) is 34.4 Å². The van der Waals surface area contributed by atoms with Crippen molar-refractivity contribution in [2.75, 3.05) is 4.31 Å². The maximum absolute atomic E-state index is 12.1. The molecule has 7 heteroatoms. The Morgan fingerprint density at radius 2 is 1.91 bits per heavy atom. The molecule has 2 rings (SSSR count). The number of pyridine rings is 1. The van der Waals surface area contributed by atoms with E-state index >= 15 is 0 Å². The van der Waals surface area contributed by atoms with E-state index in [9.17, 15) is 13.6 Å². The molecule has 2 aromatic rings. The van der Waals surface area contributed by atoms with E-state index in [0.717, 1.165) is 4.31 Å². The average molecular weight is 333 g/mol. The Morgan fingerprint density at radius 1 is 1.22 bits per heavy atom. The van der Waals surface area contributed by atoms with Gasteiger partial charge in [-0.2, -0.15) is 0 Å². The lowest BCUT2D eigenvalue weighted by Crippen LogP contribution is -2.24. The molecule has 122 valence electrons. The van der Waals surface area contributed by atoms with Gasteiger partial charge in [0.1, 0.15) is 5.60 Å². The van der Waals surface area contributed by atoms with Crippen LogP contribution in [0.3, 0.4) is 0 Å². The highest BCUT2D eigenvalue weighted by atomic mass is 32.2. The largest absolute Gasteiger partial charge is 0.755 e. The Balaban J connectivity index is 2.37. The maximum Gasteiger partial charge on any atom is 0.338 e. The van der Waals surface area contributed by atoms with Crippen molar-refractivity contribution in [1.29, 1.82) is 0 Å². The normalized spacial score (nSPS) is 12.5. The summed E-state index contributed by atoms with van der Waals surface area (Å²) in [4.78, 5) is 16.0. The average Bonchev–Trinajstić information content (AvgIpc) is 2.47. The van der Waals surface area contributed by atoms with Gasteiger partial charge >= 0.3 is 5.97 Å². The number of nitrogens with zero attached hydrogens (tertiary/aromatic N) is 2. The number of carbonyl (C=O) groups excluding carboxylic acids is 1. The number of carbonyl (C=O) groups is 1. The van der Waals surface area contributed by atoms with Gasteiger partial charge in [0.2, 0.25) is 0 Å². The third kappa shape index (κ3) is 4.61. The van der Waals surface area contributed by atoms with Crippen molar-refractivity contribution in [3.8, 4) is 0 Å². The Bertz CT molecular complexity index is 714. The molecule has 0 spiro atoms. The van der Waals surface area contributed by atoms with E-state index in [1.807, 2.05) is 0 Å². The second-order valence-electron chi connectivity index (χ2n) is 5.77. The first kappa shape index (κ1) is 17.1. The van der Waals surface area contributed by atoms with E-state index in [2.05, 4.69) is 4.98 Å². The second kappa shape index (κ2) is 6.89. The molecular formula is C16H17N2O4S-. The highest BCUT2D eigenvalue weighted by molar-refractivity contribution is 7.81. The predicted octanol–water partition coefficient (Wildman–Crippen LogP) is 2.97. The van der Waals surface area contributed by atoms with Gasteiger partial charge in [0.25, 0.3) is 0 Å². The molecule has 0 saturated heterocycles. The Kier molecular flexibility index (Phi) is 5.12. The second-order valence-corrected chi connectivity index (χ2v) is 6.57. The molecular weight excluding hydrogens is 316 g/mol. The topological polar surface area (TPSA) is 82.6 Å². The van der Waals surface area contributed by atoms with Crippen LogP contribution < -0.4 is 4.31 Å². The van der Waals surface area contributed by atoms with Gasteiger partial charge in [0.15, 0.2) is 0 Å². The van der Waals surface area contributed by atoms with Gasteiger partial charge in [-0.3, -0.25) is 13.5 Å². The van der Waals surface area contributed by atoms with Gasteiger partial charge in [-0.15, -0.1) is 0 Å². The summed E-state index contributed by atoms with van der Waals surface area (Å²) < 4.78 is 29.5. The van der Waals surface area contributed by atoms with E-state index in [0.29, 0.717) is 11.4 Å². The van der Waals surface area contributed by atoms with Crippen LogP contribution in [0, 0.1) is 0 Å². The van der Waals surface area contributed by atoms with Crippen LogP contribution in [0.5, 0.6) is 0 Å². The molecule has 0 radical (unpaired) electrons. The molecule has 0 N–H and O–H groups in total. The first-order valence-electron chi connectivity index (χ1n) is 6.91. The highest BCUT2D eigenvalue weighted by Crippen LogP contribution is 2.27. The Hall–Kier alpha value is -2.25. The molecule has 0 amide bonds. The van der Waals surface area contributed by atoms with Gasteiger partial charge in [-0.05, 0) is 51.1 Å². The first-order chi connectivity index (χ1) is 10.8. The molecule has 1 heterocycles. The number of aromatic nitrogens is 1. The maximum atomic E-state index is 12.1. The summed E-state index contributed by atoms with van der Waals surface area (Å²) in [7, 11) is 0. The number of hydrogen-bond donors (Lipinski definition) is 0. The van der Waals surface area contributed by atoms with Crippen LogP contribution in [-0.4, -0.2) is 25.3 Å². The summed E-state index contributed by atoms with van der Waals surface area (Å²) in [6.45, 7) is 5.30. The van der Waals surface area contributed by atoms with Crippen LogP contribution in [0.25, 0.3) is 0 Å². The minimum absolute atomic E-state index is 0.275. The zero-order valence-corrected chi connectivity index (χ0v) is 13.9. The first-order valence-corrected chi connectivity index (χ1v) is 7.94. The van der Waals surface area contributed by atoms with E-state index in [1.165, 1.54) is 12.3 Å². The van der Waals surface area contributed by atoms with Crippen molar-refractivity contribution in [1.82, 2.24) is 4.98 Å². The molecule has 0 fully saturated rings. The molecule has 0 aliphatic rings. The summed E-state index contributed by atoms with van der Waals surface area (Å²) in [6.07, 6.45) is 2.97. The molecule has 1 atom stereocenters. The SMILES string of the molecule is CC(C)(C)OC(=O)c1cccc(N(c2cccnc2)S(=O)[O-])c1. The molecule has 1 aromatic heterocycles. The number of hydrogen-bond acceptors (Lipinski definition) is 5. The summed E-state index contributed by atoms with van der Waals surface area (Å²) in [5, 5.41) is 0. The van der Waals surface area contributed by atoms with E-state index < -0.39 is 22.8 Å². The van der Waals surface area contributed by atoms with Gasteiger partial charge < -0.3 is 9.29 Å². The van der Waals surface area contributed by atoms with Crippen LogP contribution in [0.4, 0.5) is 11.4 Å². The lowest BCUT2D eigenvalue weighted by atomic mass is 10.1. The molecule has 0 saturated carbocycles. The minimum Gasteiger partial charge on any atom is -0.755 e. The summed E-state index contributed by atoms with van der Waals surface area (Å²) in [5.41, 5.74) is 0.353. The van der Waals surface area contributed by atoms with Crippen molar-refractivity contribution >= 4 is 28.6 Å². The number of benzene rings is 1. The molecule has 0 aliphatic heterocycles. The fourth-order valence-corrected chi connectivity index (χ4v) is 2.46. The van der Waals surface area contributed by atoms with Gasteiger partial charge in [-0.25, -0.2) is 4.79 Å². The monoisotopic (exact) mass is 333 g/mol. The van der Waals surface area contributed by atoms with Crippen LogP contribution in [0.1, 0.15) is 31.1 Å². The third-order valence-electron chi connectivity index (χ3n) is 2.74. The summed E-state index contributed by atoms with van der Waals surface area (Å²) in [6, 6.07) is 9.49. The lowest BCUT2D eigenvalue weighted by molar-refractivity contribution is 0.00695. The van der Waals surface area contributed by atoms with Crippen molar-refractivity contribution in [3.05, 3.63) is 54.4 Å². The Morgan fingerprint density at radius 3 is 2.48 bits per heavy atom. The predicted molar refractivity (Wildman–Crippen MR) is 86.9 cm³/mol. The van der Waals surface area contributed by atoms with E-state index in [-0.39, 0.29) is 5.56 Å². The quantitative estimate of drug-likeness (QED) is 0.634. The molecule has 1 unspecified atom stereocenters. The van der Waals surface area contributed by atoms with E-state index in [4.69, 9.17) is 4.74 Å². The minimum atomic E-state index is -2.55. The Labute approximate surface area is 137 Å². The standard InChI is InChI=1S/C16H18N2O4S/c1-16(2,3)22-15(19)12-6-4-7-13(10-12)18(23(20)21)14-8-5-9-17-11-14/h4-11H,1-3H3,(H,20,21)/p-1. The summed E-state index contributed by atoms with van der Waals surface area (Å²) in [5.74, 6) is -0.512.